The number of ether oxygens (including phenoxy) is 3. The Morgan fingerprint density at radius 1 is 0.923 bits per heavy atom. The third-order valence-electron chi connectivity index (χ3n) is 7.46. The lowest BCUT2D eigenvalue weighted by atomic mass is 9.98. The Morgan fingerprint density at radius 2 is 1.54 bits per heavy atom. The first-order valence-electron chi connectivity index (χ1n) is 13.5. The summed E-state index contributed by atoms with van der Waals surface area (Å²) in [5.41, 5.74) is 1.39. The molecule has 0 aliphatic carbocycles. The van der Waals surface area contributed by atoms with Crippen molar-refractivity contribution in [2.45, 2.75) is 56.0 Å². The van der Waals surface area contributed by atoms with Gasteiger partial charge in [-0.25, -0.2) is 13.4 Å². The van der Waals surface area contributed by atoms with Crippen molar-refractivity contribution in [1.29, 1.82) is 0 Å². The molecule has 214 valence electrons. The second-order valence-corrected chi connectivity index (χ2v) is 11.6. The Balaban J connectivity index is 1.71. The zero-order valence-electron chi connectivity index (χ0n) is 23.2. The van der Waals surface area contributed by atoms with Crippen LogP contribution in [0.4, 0.5) is 0 Å². The van der Waals surface area contributed by atoms with Gasteiger partial charge in [0, 0.05) is 32.6 Å². The van der Waals surface area contributed by atoms with Gasteiger partial charge in [0.1, 0.15) is 4.90 Å². The minimum absolute atomic E-state index is 0.00132. The highest BCUT2D eigenvalue weighted by Crippen LogP contribution is 2.46. The fraction of sp³-hybridized carbons (Fsp3) is 0.536. The van der Waals surface area contributed by atoms with E-state index in [1.165, 1.54) is 21.3 Å². The second-order valence-electron chi connectivity index (χ2n) is 10.0. The van der Waals surface area contributed by atoms with E-state index in [1.54, 1.807) is 18.0 Å². The lowest BCUT2D eigenvalue weighted by Crippen LogP contribution is -2.49. The van der Waals surface area contributed by atoms with Gasteiger partial charge in [-0.15, -0.1) is 4.83 Å². The van der Waals surface area contributed by atoms with Crippen molar-refractivity contribution >= 4 is 15.9 Å². The number of benzene rings is 2. The Bertz CT molecular complexity index is 1230. The number of sulfonamides is 1. The lowest BCUT2D eigenvalue weighted by molar-refractivity contribution is -0.124. The van der Waals surface area contributed by atoms with Crippen LogP contribution in [0.15, 0.2) is 41.3 Å². The highest BCUT2D eigenvalue weighted by molar-refractivity contribution is 7.89. The summed E-state index contributed by atoms with van der Waals surface area (Å²) in [6.07, 6.45) is 4.39. The molecule has 2 aliphatic rings. The van der Waals surface area contributed by atoms with Crippen molar-refractivity contribution in [3.63, 3.8) is 0 Å². The van der Waals surface area contributed by atoms with Crippen molar-refractivity contribution in [1.82, 2.24) is 20.1 Å². The molecule has 2 aliphatic heterocycles. The Hall–Kier alpha value is -2.86. The lowest BCUT2D eigenvalue weighted by Gasteiger charge is -2.30. The van der Waals surface area contributed by atoms with E-state index >= 15 is 0 Å². The summed E-state index contributed by atoms with van der Waals surface area (Å²) in [5.74, 6) is -0.681. The molecule has 1 amide bonds. The molecule has 11 heteroatoms. The van der Waals surface area contributed by atoms with Gasteiger partial charge >= 0.3 is 0 Å². The number of likely N-dealkylation sites (tertiary alicyclic amines) is 1. The largest absolute Gasteiger partial charge is 0.493 e. The van der Waals surface area contributed by atoms with E-state index in [9.17, 15) is 13.2 Å². The van der Waals surface area contributed by atoms with Gasteiger partial charge in [0.2, 0.25) is 11.7 Å². The van der Waals surface area contributed by atoms with E-state index in [0.717, 1.165) is 44.3 Å². The summed E-state index contributed by atoms with van der Waals surface area (Å²) in [6.45, 7) is 4.72. The van der Waals surface area contributed by atoms with Gasteiger partial charge in [-0.2, -0.15) is 0 Å². The molecular formula is C28H40N4O6S. The first-order chi connectivity index (χ1) is 18.8. The first-order valence-corrected chi connectivity index (χ1v) is 15.0. The van der Waals surface area contributed by atoms with Crippen molar-refractivity contribution in [3.05, 3.63) is 47.5 Å². The maximum Gasteiger partial charge on any atom is 0.257 e. The zero-order chi connectivity index (χ0) is 28.0. The molecule has 2 N–H and O–H groups in total. The summed E-state index contributed by atoms with van der Waals surface area (Å²) in [4.78, 5) is 18.6. The van der Waals surface area contributed by atoms with Crippen LogP contribution in [0.1, 0.15) is 49.7 Å². The molecule has 0 bridgehead atoms. The average molecular weight is 561 g/mol. The van der Waals surface area contributed by atoms with E-state index in [0.29, 0.717) is 19.5 Å². The van der Waals surface area contributed by atoms with Crippen LogP contribution in [0.3, 0.4) is 0 Å². The quantitative estimate of drug-likeness (QED) is 0.408. The topological polar surface area (TPSA) is 109 Å². The van der Waals surface area contributed by atoms with Crippen LogP contribution in [0.25, 0.3) is 0 Å². The van der Waals surface area contributed by atoms with Gasteiger partial charge in [-0.3, -0.25) is 9.69 Å². The smallest absolute Gasteiger partial charge is 0.257 e. The maximum atomic E-state index is 13.8. The van der Waals surface area contributed by atoms with Crippen molar-refractivity contribution in [2.24, 2.45) is 0 Å². The second kappa shape index (κ2) is 13.0. The summed E-state index contributed by atoms with van der Waals surface area (Å²) in [7, 11) is 0.143. The SMILES string of the molecule is COc1cc(C(C)C(=O)NC(Cc2ccccc2)N2CCCC2)c(S(=O)(=O)NN2CCCC2)c(OC)c1OC. The van der Waals surface area contributed by atoms with Gasteiger partial charge < -0.3 is 19.5 Å². The molecule has 2 heterocycles. The van der Waals surface area contributed by atoms with Crippen LogP contribution >= 0.6 is 0 Å². The van der Waals surface area contributed by atoms with E-state index in [2.05, 4.69) is 15.0 Å². The van der Waals surface area contributed by atoms with E-state index in [-0.39, 0.29) is 39.8 Å². The van der Waals surface area contributed by atoms with Crippen LogP contribution in [-0.2, 0) is 21.2 Å². The van der Waals surface area contributed by atoms with Crippen molar-refractivity contribution in [3.8, 4) is 17.2 Å². The van der Waals surface area contributed by atoms with Crippen LogP contribution in [-0.4, -0.2) is 77.9 Å². The van der Waals surface area contributed by atoms with Crippen molar-refractivity contribution in [2.75, 3.05) is 47.5 Å². The van der Waals surface area contributed by atoms with Gasteiger partial charge in [0.15, 0.2) is 11.5 Å². The molecular weight excluding hydrogens is 520 g/mol. The average Bonchev–Trinajstić information content (AvgIpc) is 3.66. The molecule has 2 aromatic rings. The molecule has 0 radical (unpaired) electrons. The summed E-state index contributed by atoms with van der Waals surface area (Å²) < 4.78 is 44.2. The van der Waals surface area contributed by atoms with Gasteiger partial charge in [-0.05, 0) is 49.8 Å². The summed E-state index contributed by atoms with van der Waals surface area (Å²) >= 11 is 0. The number of nitrogens with one attached hydrogen (secondary N) is 2. The molecule has 2 atom stereocenters. The number of hydrazine groups is 1. The van der Waals surface area contributed by atoms with E-state index in [4.69, 9.17) is 14.2 Å². The number of nitrogens with zero attached hydrogens (tertiary/aromatic N) is 2. The van der Waals surface area contributed by atoms with Crippen LogP contribution < -0.4 is 24.4 Å². The number of rotatable bonds is 12. The van der Waals surface area contributed by atoms with Crippen LogP contribution in [0, 0.1) is 0 Å². The number of carbonyl (C=O) groups is 1. The van der Waals surface area contributed by atoms with Crippen LogP contribution in [0.5, 0.6) is 17.2 Å². The van der Waals surface area contributed by atoms with Crippen LogP contribution in [0.2, 0.25) is 0 Å². The van der Waals surface area contributed by atoms with Gasteiger partial charge in [0.05, 0.1) is 33.4 Å². The first kappa shape index (κ1) is 29.1. The molecule has 4 rings (SSSR count). The molecule has 39 heavy (non-hydrogen) atoms. The minimum Gasteiger partial charge on any atom is -0.493 e. The Kier molecular flexibility index (Phi) is 9.71. The molecule has 0 saturated carbocycles. The minimum atomic E-state index is -4.12. The Labute approximate surface area is 231 Å². The Morgan fingerprint density at radius 3 is 2.13 bits per heavy atom. The third kappa shape index (κ3) is 6.66. The molecule has 2 saturated heterocycles. The molecule has 2 unspecified atom stereocenters. The van der Waals surface area contributed by atoms with Crippen molar-refractivity contribution < 1.29 is 27.4 Å². The number of hydrogen-bond donors (Lipinski definition) is 2. The molecule has 10 nitrogen and oxygen atoms in total. The number of carbonyl (C=O) groups excluding carboxylic acids is 1. The summed E-state index contributed by atoms with van der Waals surface area (Å²) in [5, 5.41) is 4.88. The normalized spacial score (nSPS) is 18.1. The third-order valence-corrected chi connectivity index (χ3v) is 8.92. The highest BCUT2D eigenvalue weighted by Gasteiger charge is 2.36. The highest BCUT2D eigenvalue weighted by atomic mass is 32.2. The summed E-state index contributed by atoms with van der Waals surface area (Å²) in [6, 6.07) is 11.6. The monoisotopic (exact) mass is 560 g/mol. The predicted molar refractivity (Wildman–Crippen MR) is 149 cm³/mol. The standard InChI is InChI=1S/C28H40N4O6S/c1-20(28(33)29-24(31-14-8-9-15-31)18-21-12-6-5-7-13-21)22-19-23(36-2)25(37-3)26(38-4)27(22)39(34,35)30-32-16-10-11-17-32/h5-7,12-13,19-20,24,30H,8-11,14-18H2,1-4H3,(H,29,33). The van der Waals surface area contributed by atoms with Gasteiger partial charge in [-0.1, -0.05) is 30.3 Å². The maximum absolute atomic E-state index is 13.8. The number of amides is 1. The number of hydrogen-bond acceptors (Lipinski definition) is 8. The zero-order valence-corrected chi connectivity index (χ0v) is 24.1. The number of methoxy groups -OCH3 is 3. The predicted octanol–water partition coefficient (Wildman–Crippen LogP) is 2.89. The molecule has 0 spiro atoms. The fourth-order valence-electron chi connectivity index (χ4n) is 5.36. The van der Waals surface area contributed by atoms with E-state index in [1.807, 2.05) is 30.3 Å². The fourth-order valence-corrected chi connectivity index (χ4v) is 6.94. The molecule has 2 aromatic carbocycles. The molecule has 2 fully saturated rings. The van der Waals surface area contributed by atoms with Gasteiger partial charge in [0.25, 0.3) is 10.0 Å². The van der Waals surface area contributed by atoms with E-state index < -0.39 is 15.9 Å². The molecule has 0 aromatic heterocycles.